The molecule has 0 spiro atoms. The smallest absolute Gasteiger partial charge is 0.134 e. The average Bonchev–Trinajstić information content (AvgIpc) is 3.04. The van der Waals surface area contributed by atoms with Crippen LogP contribution in [0.1, 0.15) is 44.4 Å². The van der Waals surface area contributed by atoms with E-state index in [1.165, 1.54) is 0 Å². The molecule has 3 nitrogen and oxygen atoms in total. The van der Waals surface area contributed by atoms with Crippen LogP contribution in [-0.2, 0) is 4.79 Å². The van der Waals surface area contributed by atoms with Crippen LogP contribution in [0.2, 0.25) is 0 Å². The van der Waals surface area contributed by atoms with Gasteiger partial charge in [-0.25, -0.2) is 0 Å². The van der Waals surface area contributed by atoms with Gasteiger partial charge in [-0.05, 0) is 44.4 Å². The van der Waals surface area contributed by atoms with Gasteiger partial charge in [-0.2, -0.15) is 0 Å². The molecule has 0 saturated carbocycles. The zero-order valence-electron chi connectivity index (χ0n) is 15.2. The Hall–Kier alpha value is -2.55. The van der Waals surface area contributed by atoms with Crippen LogP contribution in [0.25, 0.3) is 17.1 Å². The number of benzene rings is 1. The van der Waals surface area contributed by atoms with E-state index in [4.69, 9.17) is 4.42 Å². The largest absolute Gasteiger partial charge is 0.507 e. The first-order valence-electron chi connectivity index (χ1n) is 8.61. The molecular weight excluding hydrogens is 312 g/mol. The van der Waals surface area contributed by atoms with Crippen molar-refractivity contribution in [3.63, 3.8) is 0 Å². The molecule has 1 aromatic heterocycles. The molecule has 2 aromatic rings. The molecule has 0 amide bonds. The Morgan fingerprint density at radius 1 is 1.20 bits per heavy atom. The van der Waals surface area contributed by atoms with Crippen molar-refractivity contribution in [1.82, 2.24) is 0 Å². The summed E-state index contributed by atoms with van der Waals surface area (Å²) in [5, 5.41) is 10.4. The summed E-state index contributed by atoms with van der Waals surface area (Å²) in [5.74, 6) is 1.79. The van der Waals surface area contributed by atoms with Gasteiger partial charge in [0.15, 0.2) is 0 Å². The number of aldehydes is 1. The van der Waals surface area contributed by atoms with Gasteiger partial charge in [0.2, 0.25) is 0 Å². The number of rotatable bonds is 8. The number of hydrogen-bond acceptors (Lipinski definition) is 3. The highest BCUT2D eigenvalue weighted by Crippen LogP contribution is 2.29. The van der Waals surface area contributed by atoms with Crippen molar-refractivity contribution in [3.05, 3.63) is 65.9 Å². The monoisotopic (exact) mass is 338 g/mol. The number of carbonyl (C=O) groups is 1. The Kier molecular flexibility index (Phi) is 6.40. The van der Waals surface area contributed by atoms with Gasteiger partial charge >= 0.3 is 0 Å². The predicted octanol–water partition coefficient (Wildman–Crippen LogP) is 6.11. The molecule has 0 radical (unpaired) electrons. The van der Waals surface area contributed by atoms with Crippen LogP contribution in [0.15, 0.2) is 59.0 Å². The minimum atomic E-state index is -0.258. The summed E-state index contributed by atoms with van der Waals surface area (Å²) in [6.07, 6.45) is 9.25. The second-order valence-electron chi connectivity index (χ2n) is 6.93. The Bertz CT molecular complexity index is 763. The fourth-order valence-corrected chi connectivity index (χ4v) is 2.58. The molecule has 0 unspecified atom stereocenters. The van der Waals surface area contributed by atoms with Gasteiger partial charge in [0.25, 0.3) is 0 Å². The zero-order valence-corrected chi connectivity index (χ0v) is 15.2. The van der Waals surface area contributed by atoms with Gasteiger partial charge in [-0.1, -0.05) is 50.3 Å². The van der Waals surface area contributed by atoms with E-state index in [1.807, 2.05) is 69.3 Å². The molecule has 1 N–H and O–H groups in total. The van der Waals surface area contributed by atoms with Crippen LogP contribution in [0, 0.1) is 12.3 Å². The fraction of sp³-hybridized carbons (Fsp3) is 0.318. The molecule has 0 aliphatic rings. The normalized spacial score (nSPS) is 12.7. The first-order chi connectivity index (χ1) is 11.9. The SMILES string of the molecule is Cc1ccc(-c2ccccc2/C(O)=C/C=C/CCCC(C)(C)C=O)o1. The lowest BCUT2D eigenvalue weighted by molar-refractivity contribution is -0.115. The van der Waals surface area contributed by atoms with Gasteiger partial charge < -0.3 is 14.3 Å². The fourth-order valence-electron chi connectivity index (χ4n) is 2.58. The Balaban J connectivity index is 2.03. The average molecular weight is 338 g/mol. The number of unbranched alkanes of at least 4 members (excludes halogenated alkanes) is 1. The van der Waals surface area contributed by atoms with E-state index >= 15 is 0 Å². The maximum absolute atomic E-state index is 10.9. The Morgan fingerprint density at radius 2 is 1.96 bits per heavy atom. The van der Waals surface area contributed by atoms with E-state index < -0.39 is 0 Å². The lowest BCUT2D eigenvalue weighted by Crippen LogP contribution is -2.11. The maximum atomic E-state index is 10.9. The second-order valence-corrected chi connectivity index (χ2v) is 6.93. The van der Waals surface area contributed by atoms with Gasteiger partial charge in [0.1, 0.15) is 23.6 Å². The molecule has 1 heterocycles. The second kappa shape index (κ2) is 8.52. The van der Waals surface area contributed by atoms with Gasteiger partial charge in [0, 0.05) is 16.5 Å². The van der Waals surface area contributed by atoms with Crippen molar-refractivity contribution in [3.8, 4) is 11.3 Å². The number of aryl methyl sites for hydroxylation is 1. The first kappa shape index (κ1) is 18.8. The van der Waals surface area contributed by atoms with E-state index in [2.05, 4.69) is 0 Å². The highest BCUT2D eigenvalue weighted by atomic mass is 16.3. The molecule has 0 bridgehead atoms. The minimum Gasteiger partial charge on any atom is -0.507 e. The Morgan fingerprint density at radius 3 is 2.64 bits per heavy atom. The summed E-state index contributed by atoms with van der Waals surface area (Å²) in [5.41, 5.74) is 1.35. The minimum absolute atomic E-state index is 0.203. The van der Waals surface area contributed by atoms with Crippen molar-refractivity contribution in [2.45, 2.75) is 40.0 Å². The molecule has 3 heteroatoms. The summed E-state index contributed by atoms with van der Waals surface area (Å²) in [4.78, 5) is 10.9. The highest BCUT2D eigenvalue weighted by molar-refractivity contribution is 5.76. The van der Waals surface area contributed by atoms with E-state index in [0.29, 0.717) is 0 Å². The molecule has 0 aliphatic carbocycles. The zero-order chi connectivity index (χ0) is 18.3. The van der Waals surface area contributed by atoms with E-state index in [-0.39, 0.29) is 11.2 Å². The van der Waals surface area contributed by atoms with Crippen molar-refractivity contribution < 1.29 is 14.3 Å². The van der Waals surface area contributed by atoms with Crippen LogP contribution in [0.5, 0.6) is 0 Å². The van der Waals surface area contributed by atoms with E-state index in [1.54, 1.807) is 6.08 Å². The van der Waals surface area contributed by atoms with Crippen LogP contribution < -0.4 is 0 Å². The number of furan rings is 1. The summed E-state index contributed by atoms with van der Waals surface area (Å²) in [7, 11) is 0. The van der Waals surface area contributed by atoms with Gasteiger partial charge in [-0.15, -0.1) is 0 Å². The lowest BCUT2D eigenvalue weighted by atomic mass is 9.89. The van der Waals surface area contributed by atoms with Crippen LogP contribution >= 0.6 is 0 Å². The van der Waals surface area contributed by atoms with Gasteiger partial charge in [-0.3, -0.25) is 0 Å². The van der Waals surface area contributed by atoms with Crippen molar-refractivity contribution in [2.75, 3.05) is 0 Å². The number of hydrogen-bond donors (Lipinski definition) is 1. The summed E-state index contributed by atoms with van der Waals surface area (Å²) < 4.78 is 5.68. The molecular formula is C22H26O3. The summed E-state index contributed by atoms with van der Waals surface area (Å²) in [6.45, 7) is 5.79. The summed E-state index contributed by atoms with van der Waals surface area (Å²) in [6, 6.07) is 11.4. The summed E-state index contributed by atoms with van der Waals surface area (Å²) >= 11 is 0. The van der Waals surface area contributed by atoms with Crippen molar-refractivity contribution >= 4 is 12.0 Å². The van der Waals surface area contributed by atoms with Crippen LogP contribution in [-0.4, -0.2) is 11.4 Å². The van der Waals surface area contributed by atoms with E-state index in [0.717, 1.165) is 48.2 Å². The molecule has 1 aromatic carbocycles. The van der Waals surface area contributed by atoms with Crippen LogP contribution in [0.3, 0.4) is 0 Å². The third-order valence-electron chi connectivity index (χ3n) is 4.11. The van der Waals surface area contributed by atoms with Crippen LogP contribution in [0.4, 0.5) is 0 Å². The molecule has 25 heavy (non-hydrogen) atoms. The topological polar surface area (TPSA) is 50.4 Å². The van der Waals surface area contributed by atoms with E-state index in [9.17, 15) is 9.90 Å². The molecule has 132 valence electrons. The maximum Gasteiger partial charge on any atom is 0.134 e. The lowest BCUT2D eigenvalue weighted by Gasteiger charge is -2.14. The highest BCUT2D eigenvalue weighted by Gasteiger charge is 2.14. The van der Waals surface area contributed by atoms with Gasteiger partial charge in [0.05, 0.1) is 0 Å². The standard InChI is InChI=1S/C22H26O3/c1-17-13-14-21(25-17)19-11-8-7-10-18(19)20(24)12-6-4-5-9-15-22(2,3)16-23/h4,6-8,10-14,16,24H,5,9,15H2,1-3H3/b6-4+,20-12-. The molecule has 0 aliphatic heterocycles. The molecule has 0 atom stereocenters. The first-order valence-corrected chi connectivity index (χ1v) is 8.61. The molecule has 0 saturated heterocycles. The van der Waals surface area contributed by atoms with Crippen molar-refractivity contribution in [2.24, 2.45) is 5.41 Å². The van der Waals surface area contributed by atoms with Crippen molar-refractivity contribution in [1.29, 1.82) is 0 Å². The molecule has 0 fully saturated rings. The third-order valence-corrected chi connectivity index (χ3v) is 4.11. The number of aliphatic hydroxyl groups is 1. The third kappa shape index (κ3) is 5.49. The molecule has 2 rings (SSSR count). The predicted molar refractivity (Wildman–Crippen MR) is 102 cm³/mol. The number of aliphatic hydroxyl groups excluding tert-OH is 1. The quantitative estimate of drug-likeness (QED) is 0.273. The number of allylic oxidation sites excluding steroid dienone is 3. The Labute approximate surface area is 149 Å². The number of carbonyl (C=O) groups excluding carboxylic acids is 1.